The van der Waals surface area contributed by atoms with Crippen LogP contribution in [-0.4, -0.2) is 87.7 Å². The van der Waals surface area contributed by atoms with Crippen LogP contribution in [0.15, 0.2) is 0 Å². The Bertz CT molecular complexity index is 285. The van der Waals surface area contributed by atoms with E-state index in [0.717, 1.165) is 13.1 Å². The summed E-state index contributed by atoms with van der Waals surface area (Å²) in [5.74, 6) is 1.05. The zero-order chi connectivity index (χ0) is 16.8. The summed E-state index contributed by atoms with van der Waals surface area (Å²) in [6.45, 7) is 2.35. The summed E-state index contributed by atoms with van der Waals surface area (Å²) in [5.41, 5.74) is 0. The van der Waals surface area contributed by atoms with E-state index in [1.54, 1.807) is 21.6 Å². The monoisotopic (exact) mass is 352 g/mol. The van der Waals surface area contributed by atoms with Crippen molar-refractivity contribution in [3.63, 3.8) is 0 Å². The molecule has 8 heteroatoms. The quantitative estimate of drug-likeness (QED) is 0.280. The van der Waals surface area contributed by atoms with Crippen LogP contribution in [0.4, 0.5) is 0 Å². The fourth-order valence-electron chi connectivity index (χ4n) is 1.20. The molecule has 0 spiro atoms. The highest BCUT2D eigenvalue weighted by Crippen LogP contribution is 2.22. The predicted molar refractivity (Wildman–Crippen MR) is 93.2 cm³/mol. The summed E-state index contributed by atoms with van der Waals surface area (Å²) in [6, 6.07) is 0. The smallest absolute Gasteiger partial charge is 0.306 e. The molecule has 0 amide bonds. The Morgan fingerprint density at radius 2 is 1.14 bits per heavy atom. The second-order valence-electron chi connectivity index (χ2n) is 5.19. The summed E-state index contributed by atoms with van der Waals surface area (Å²) < 4.78 is 10.2. The molecule has 0 aliphatic carbocycles. The molecule has 22 heavy (non-hydrogen) atoms. The fraction of sp³-hybridized carbons (Fsp3) is 0.857. The van der Waals surface area contributed by atoms with Crippen LogP contribution in [0.2, 0.25) is 0 Å². The molecular weight excluding hydrogens is 324 g/mol. The molecule has 0 aromatic carbocycles. The maximum absolute atomic E-state index is 11.4. The van der Waals surface area contributed by atoms with E-state index in [-0.39, 0.29) is 11.9 Å². The molecule has 0 rings (SSSR count). The van der Waals surface area contributed by atoms with Gasteiger partial charge in [-0.05, 0) is 28.2 Å². The third-order valence-corrected chi connectivity index (χ3v) is 4.87. The van der Waals surface area contributed by atoms with Gasteiger partial charge in [0.2, 0.25) is 0 Å². The maximum Gasteiger partial charge on any atom is 0.306 e. The van der Waals surface area contributed by atoms with Gasteiger partial charge in [0.15, 0.2) is 0 Å². The molecule has 0 radical (unpaired) electrons. The van der Waals surface area contributed by atoms with Crippen molar-refractivity contribution in [2.45, 2.75) is 12.8 Å². The molecule has 0 saturated heterocycles. The summed E-state index contributed by atoms with van der Waals surface area (Å²) in [5, 5.41) is 0. The van der Waals surface area contributed by atoms with Gasteiger partial charge in [0.25, 0.3) is 0 Å². The minimum Gasteiger partial charge on any atom is -0.464 e. The number of likely N-dealkylation sites (N-methyl/N-ethyl adjacent to an activating group) is 2. The van der Waals surface area contributed by atoms with Crippen LogP contribution >= 0.6 is 21.6 Å². The topological polar surface area (TPSA) is 59.1 Å². The molecule has 0 aliphatic heterocycles. The molecule has 130 valence electrons. The van der Waals surface area contributed by atoms with Crippen molar-refractivity contribution in [2.75, 3.05) is 66.0 Å². The van der Waals surface area contributed by atoms with Gasteiger partial charge in [0.05, 0.1) is 12.8 Å². The highest BCUT2D eigenvalue weighted by atomic mass is 33.1. The largest absolute Gasteiger partial charge is 0.464 e. The van der Waals surface area contributed by atoms with Crippen molar-refractivity contribution in [3.05, 3.63) is 0 Å². The lowest BCUT2D eigenvalue weighted by Crippen LogP contribution is -2.20. The predicted octanol–water partition coefficient (Wildman–Crippen LogP) is 1.36. The third-order valence-electron chi connectivity index (χ3n) is 2.47. The highest BCUT2D eigenvalue weighted by Gasteiger charge is 2.05. The van der Waals surface area contributed by atoms with Crippen molar-refractivity contribution in [1.29, 1.82) is 0 Å². The zero-order valence-electron chi connectivity index (χ0n) is 14.0. The first-order valence-electron chi connectivity index (χ1n) is 7.27. The van der Waals surface area contributed by atoms with Crippen LogP contribution in [0, 0.1) is 0 Å². The van der Waals surface area contributed by atoms with Crippen LogP contribution in [0.3, 0.4) is 0 Å². The lowest BCUT2D eigenvalue weighted by Gasteiger charge is -2.10. The van der Waals surface area contributed by atoms with E-state index in [1.165, 1.54) is 0 Å². The lowest BCUT2D eigenvalue weighted by atomic mass is 10.5. The number of carbonyl (C=O) groups excluding carboxylic acids is 2. The summed E-state index contributed by atoms with van der Waals surface area (Å²) in [6.07, 6.45) is 0.802. The van der Waals surface area contributed by atoms with E-state index in [1.807, 2.05) is 38.0 Å². The van der Waals surface area contributed by atoms with Crippen molar-refractivity contribution in [2.24, 2.45) is 0 Å². The molecular formula is C14H28N2O4S2. The van der Waals surface area contributed by atoms with Gasteiger partial charge in [-0.25, -0.2) is 0 Å². The Balaban J connectivity index is 3.35. The van der Waals surface area contributed by atoms with E-state index in [9.17, 15) is 9.59 Å². The molecule has 0 heterocycles. The van der Waals surface area contributed by atoms with Gasteiger partial charge >= 0.3 is 11.9 Å². The van der Waals surface area contributed by atoms with Crippen molar-refractivity contribution in [1.82, 2.24) is 9.80 Å². The average molecular weight is 353 g/mol. The number of carbonyl (C=O) groups is 2. The molecule has 0 saturated carbocycles. The van der Waals surface area contributed by atoms with Gasteiger partial charge in [-0.15, -0.1) is 0 Å². The number of esters is 2. The van der Waals surface area contributed by atoms with Gasteiger partial charge in [0.1, 0.15) is 13.2 Å². The fourth-order valence-corrected chi connectivity index (χ4v) is 3.14. The highest BCUT2D eigenvalue weighted by molar-refractivity contribution is 8.76. The van der Waals surface area contributed by atoms with E-state index in [4.69, 9.17) is 9.47 Å². The summed E-state index contributed by atoms with van der Waals surface area (Å²) in [4.78, 5) is 26.7. The molecule has 0 aromatic heterocycles. The maximum atomic E-state index is 11.4. The Hall–Kier alpha value is -0.440. The standard InChI is InChI=1S/C14H28N2O4S2/c1-15(2)7-9-19-13(17)5-11-21-22-12-6-14(18)20-10-8-16(3)4/h5-12H2,1-4H3. The van der Waals surface area contributed by atoms with Crippen LogP contribution in [-0.2, 0) is 19.1 Å². The molecule has 0 aromatic rings. The van der Waals surface area contributed by atoms with Crippen molar-refractivity contribution < 1.29 is 19.1 Å². The lowest BCUT2D eigenvalue weighted by molar-refractivity contribution is -0.144. The summed E-state index contributed by atoms with van der Waals surface area (Å²) >= 11 is 0. The summed E-state index contributed by atoms with van der Waals surface area (Å²) in [7, 11) is 10.9. The minimum absolute atomic E-state index is 0.168. The van der Waals surface area contributed by atoms with Gasteiger partial charge in [-0.1, -0.05) is 21.6 Å². The number of rotatable bonds is 13. The van der Waals surface area contributed by atoms with E-state index >= 15 is 0 Å². The van der Waals surface area contributed by atoms with Crippen LogP contribution in [0.5, 0.6) is 0 Å². The van der Waals surface area contributed by atoms with Crippen molar-refractivity contribution >= 4 is 33.5 Å². The molecule has 0 fully saturated rings. The van der Waals surface area contributed by atoms with Crippen LogP contribution in [0.1, 0.15) is 12.8 Å². The second kappa shape index (κ2) is 14.2. The Morgan fingerprint density at radius 1 is 0.773 bits per heavy atom. The van der Waals surface area contributed by atoms with Crippen molar-refractivity contribution in [3.8, 4) is 0 Å². The zero-order valence-corrected chi connectivity index (χ0v) is 15.6. The Labute approximate surface area is 141 Å². The SMILES string of the molecule is CN(C)CCOC(=O)CCSSCCC(=O)OCCN(C)C. The third kappa shape index (κ3) is 15.9. The van der Waals surface area contributed by atoms with E-state index in [2.05, 4.69) is 0 Å². The normalized spacial score (nSPS) is 11.0. The molecule has 0 N–H and O–H groups in total. The van der Waals surface area contributed by atoms with Crippen LogP contribution in [0.25, 0.3) is 0 Å². The first-order chi connectivity index (χ1) is 10.4. The minimum atomic E-state index is -0.168. The number of hydrogen-bond donors (Lipinski definition) is 0. The number of hydrogen-bond acceptors (Lipinski definition) is 8. The molecule has 0 bridgehead atoms. The van der Waals surface area contributed by atoms with Gasteiger partial charge < -0.3 is 19.3 Å². The number of ether oxygens (including phenoxy) is 2. The van der Waals surface area contributed by atoms with Crippen LogP contribution < -0.4 is 0 Å². The molecule has 6 nitrogen and oxygen atoms in total. The second-order valence-corrected chi connectivity index (χ2v) is 7.89. The average Bonchev–Trinajstić information content (AvgIpc) is 2.41. The number of nitrogens with zero attached hydrogens (tertiary/aromatic N) is 2. The van der Waals surface area contributed by atoms with E-state index < -0.39 is 0 Å². The Morgan fingerprint density at radius 3 is 1.45 bits per heavy atom. The molecule has 0 unspecified atom stereocenters. The van der Waals surface area contributed by atoms with Gasteiger partial charge in [0, 0.05) is 24.6 Å². The molecule has 0 aliphatic rings. The van der Waals surface area contributed by atoms with Gasteiger partial charge in [-0.2, -0.15) is 0 Å². The first kappa shape index (κ1) is 21.6. The van der Waals surface area contributed by atoms with E-state index in [0.29, 0.717) is 37.6 Å². The first-order valence-corrected chi connectivity index (χ1v) is 9.75. The van der Waals surface area contributed by atoms with Gasteiger partial charge in [-0.3, -0.25) is 9.59 Å². The Kier molecular flexibility index (Phi) is 13.9. The molecule has 0 atom stereocenters.